The van der Waals surface area contributed by atoms with E-state index in [4.69, 9.17) is 0 Å². The van der Waals surface area contributed by atoms with Gasteiger partial charge in [0.2, 0.25) is 5.91 Å². The van der Waals surface area contributed by atoms with Crippen LogP contribution in [0, 0.1) is 11.2 Å². The monoisotopic (exact) mass is 324 g/mol. The van der Waals surface area contributed by atoms with Crippen molar-refractivity contribution in [1.82, 2.24) is 9.88 Å². The molecule has 24 heavy (non-hydrogen) atoms. The standard InChI is InChI=1S/C20H21FN2O/c1-19(2)13-20(19,16-7-3-4-8-17(16)21)18(24)23-11-15(12-23)14-6-5-9-22-10-14/h3-10,15H,11-13H2,1-2H3/t20-/m1/s1. The number of aromatic nitrogens is 1. The van der Waals surface area contributed by atoms with Gasteiger partial charge in [-0.25, -0.2) is 4.39 Å². The molecule has 0 bridgehead atoms. The van der Waals surface area contributed by atoms with Gasteiger partial charge >= 0.3 is 0 Å². The van der Waals surface area contributed by atoms with Crippen LogP contribution in [0.1, 0.15) is 37.3 Å². The second-order valence-corrected chi connectivity index (χ2v) is 7.64. The predicted molar refractivity (Wildman–Crippen MR) is 90.0 cm³/mol. The van der Waals surface area contributed by atoms with Gasteiger partial charge in [-0.2, -0.15) is 0 Å². The SMILES string of the molecule is CC1(C)C[C@]1(C(=O)N1CC(c2cccnc2)C1)c1ccccc1F. The zero-order chi connectivity index (χ0) is 16.9. The van der Waals surface area contributed by atoms with E-state index in [0.717, 1.165) is 5.56 Å². The molecule has 1 aromatic carbocycles. The van der Waals surface area contributed by atoms with Crippen LogP contribution in [0.5, 0.6) is 0 Å². The van der Waals surface area contributed by atoms with E-state index >= 15 is 0 Å². The summed E-state index contributed by atoms with van der Waals surface area (Å²) in [6.07, 6.45) is 4.32. The fraction of sp³-hybridized carbons (Fsp3) is 0.400. The first kappa shape index (κ1) is 15.3. The molecule has 1 amide bonds. The number of pyridine rings is 1. The molecule has 1 aliphatic carbocycles. The van der Waals surface area contributed by atoms with Gasteiger partial charge in [0.25, 0.3) is 0 Å². The molecule has 4 rings (SSSR count). The van der Waals surface area contributed by atoms with Gasteiger partial charge in [0.15, 0.2) is 0 Å². The maximum absolute atomic E-state index is 14.4. The Morgan fingerprint density at radius 2 is 1.92 bits per heavy atom. The first-order valence-corrected chi connectivity index (χ1v) is 8.40. The van der Waals surface area contributed by atoms with Crippen LogP contribution < -0.4 is 0 Å². The molecule has 0 spiro atoms. The molecule has 1 atom stereocenters. The van der Waals surface area contributed by atoms with Crippen LogP contribution in [0.4, 0.5) is 4.39 Å². The summed E-state index contributed by atoms with van der Waals surface area (Å²) < 4.78 is 14.4. The van der Waals surface area contributed by atoms with Crippen molar-refractivity contribution >= 4 is 5.91 Å². The van der Waals surface area contributed by atoms with Gasteiger partial charge in [0.05, 0.1) is 5.41 Å². The minimum absolute atomic E-state index is 0.0674. The Kier molecular flexibility index (Phi) is 3.27. The number of halogens is 1. The van der Waals surface area contributed by atoms with Gasteiger partial charge in [-0.3, -0.25) is 9.78 Å². The Hall–Kier alpha value is -2.23. The van der Waals surface area contributed by atoms with Crippen molar-refractivity contribution in [1.29, 1.82) is 0 Å². The van der Waals surface area contributed by atoms with Crippen LogP contribution in [0.3, 0.4) is 0 Å². The summed E-state index contributed by atoms with van der Waals surface area (Å²) in [6, 6.07) is 10.7. The van der Waals surface area contributed by atoms with Crippen LogP contribution in [0.2, 0.25) is 0 Å². The first-order valence-electron chi connectivity index (χ1n) is 8.40. The van der Waals surface area contributed by atoms with E-state index < -0.39 is 5.41 Å². The molecular formula is C20H21FN2O. The normalized spacial score (nSPS) is 25.2. The minimum Gasteiger partial charge on any atom is -0.341 e. The van der Waals surface area contributed by atoms with Gasteiger partial charge < -0.3 is 4.90 Å². The quantitative estimate of drug-likeness (QED) is 0.865. The summed E-state index contributed by atoms with van der Waals surface area (Å²) >= 11 is 0. The highest BCUT2D eigenvalue weighted by Gasteiger charge is 2.69. The van der Waals surface area contributed by atoms with Gasteiger partial charge in [-0.1, -0.05) is 38.1 Å². The minimum atomic E-state index is -0.710. The highest BCUT2D eigenvalue weighted by atomic mass is 19.1. The third-order valence-electron chi connectivity index (χ3n) is 5.76. The van der Waals surface area contributed by atoms with E-state index in [1.54, 1.807) is 18.3 Å². The van der Waals surface area contributed by atoms with Crippen molar-refractivity contribution < 1.29 is 9.18 Å². The molecule has 1 saturated carbocycles. The Bertz CT molecular complexity index is 783. The molecule has 0 N–H and O–H groups in total. The molecule has 2 fully saturated rings. The smallest absolute Gasteiger partial charge is 0.233 e. The van der Waals surface area contributed by atoms with E-state index in [9.17, 15) is 9.18 Å². The molecule has 4 heteroatoms. The van der Waals surface area contributed by atoms with Crippen molar-refractivity contribution in [3.63, 3.8) is 0 Å². The third kappa shape index (κ3) is 2.09. The number of hydrogen-bond acceptors (Lipinski definition) is 2. The van der Waals surface area contributed by atoms with Crippen LogP contribution in [0.25, 0.3) is 0 Å². The van der Waals surface area contributed by atoms with E-state index in [0.29, 0.717) is 31.0 Å². The maximum atomic E-state index is 14.4. The van der Waals surface area contributed by atoms with E-state index in [2.05, 4.69) is 18.8 Å². The second-order valence-electron chi connectivity index (χ2n) is 7.64. The summed E-state index contributed by atoms with van der Waals surface area (Å²) in [5, 5.41) is 0. The molecule has 3 nitrogen and oxygen atoms in total. The lowest BCUT2D eigenvalue weighted by atomic mass is 9.83. The zero-order valence-corrected chi connectivity index (χ0v) is 14.0. The summed E-state index contributed by atoms with van der Waals surface area (Å²) in [4.78, 5) is 19.2. The molecule has 2 heterocycles. The Labute approximate surface area is 141 Å². The lowest BCUT2D eigenvalue weighted by molar-refractivity contribution is -0.139. The van der Waals surface area contributed by atoms with Gasteiger partial charge in [-0.15, -0.1) is 0 Å². The van der Waals surface area contributed by atoms with Crippen LogP contribution in [0.15, 0.2) is 48.8 Å². The number of carbonyl (C=O) groups is 1. The fourth-order valence-corrected chi connectivity index (χ4v) is 4.11. The van der Waals surface area contributed by atoms with Crippen molar-refractivity contribution in [2.45, 2.75) is 31.6 Å². The third-order valence-corrected chi connectivity index (χ3v) is 5.76. The summed E-state index contributed by atoms with van der Waals surface area (Å²) in [5.74, 6) is 0.126. The Morgan fingerprint density at radius 1 is 1.21 bits per heavy atom. The van der Waals surface area contributed by atoms with Crippen molar-refractivity contribution in [2.75, 3.05) is 13.1 Å². The number of nitrogens with zero attached hydrogens (tertiary/aromatic N) is 2. The molecule has 1 saturated heterocycles. The maximum Gasteiger partial charge on any atom is 0.233 e. The van der Waals surface area contributed by atoms with Crippen LogP contribution in [-0.4, -0.2) is 28.9 Å². The van der Waals surface area contributed by atoms with Crippen LogP contribution >= 0.6 is 0 Å². The fourth-order valence-electron chi connectivity index (χ4n) is 4.11. The summed E-state index contributed by atoms with van der Waals surface area (Å²) in [5.41, 5.74) is 0.797. The molecule has 0 radical (unpaired) electrons. The first-order chi connectivity index (χ1) is 11.5. The number of benzene rings is 1. The lowest BCUT2D eigenvalue weighted by Gasteiger charge is -2.42. The average Bonchev–Trinajstić information content (AvgIpc) is 3.11. The molecular weight excluding hydrogens is 303 g/mol. The number of likely N-dealkylation sites (tertiary alicyclic amines) is 1. The molecule has 124 valence electrons. The van der Waals surface area contributed by atoms with Crippen molar-refractivity contribution in [2.24, 2.45) is 5.41 Å². The Morgan fingerprint density at radius 3 is 2.50 bits per heavy atom. The van der Waals surface area contributed by atoms with E-state index in [1.165, 1.54) is 6.07 Å². The zero-order valence-electron chi connectivity index (χ0n) is 14.0. The van der Waals surface area contributed by atoms with Gasteiger partial charge in [-0.05, 0) is 29.5 Å². The predicted octanol–water partition coefficient (Wildman–Crippen LogP) is 3.51. The molecule has 1 aromatic heterocycles. The summed E-state index contributed by atoms with van der Waals surface area (Å²) in [6.45, 7) is 5.49. The Balaban J connectivity index is 1.57. The molecule has 2 aliphatic rings. The van der Waals surface area contributed by atoms with Gasteiger partial charge in [0.1, 0.15) is 5.82 Å². The second kappa shape index (κ2) is 5.13. The number of hydrogen-bond donors (Lipinski definition) is 0. The van der Waals surface area contributed by atoms with Crippen molar-refractivity contribution in [3.05, 3.63) is 65.7 Å². The largest absolute Gasteiger partial charge is 0.341 e. The number of carbonyl (C=O) groups excluding carboxylic acids is 1. The number of amides is 1. The highest BCUT2D eigenvalue weighted by molar-refractivity contribution is 5.94. The summed E-state index contributed by atoms with van der Waals surface area (Å²) in [7, 11) is 0. The average molecular weight is 324 g/mol. The number of rotatable bonds is 3. The topological polar surface area (TPSA) is 33.2 Å². The molecule has 1 aliphatic heterocycles. The van der Waals surface area contributed by atoms with Crippen molar-refractivity contribution in [3.8, 4) is 0 Å². The van der Waals surface area contributed by atoms with Crippen LogP contribution in [-0.2, 0) is 10.2 Å². The van der Waals surface area contributed by atoms with E-state index in [-0.39, 0.29) is 17.1 Å². The van der Waals surface area contributed by atoms with E-state index in [1.807, 2.05) is 29.3 Å². The molecule has 0 unspecified atom stereocenters. The molecule has 2 aromatic rings. The highest BCUT2D eigenvalue weighted by Crippen LogP contribution is 2.65. The van der Waals surface area contributed by atoms with Gasteiger partial charge in [0, 0.05) is 37.0 Å². The lowest BCUT2D eigenvalue weighted by Crippen LogP contribution is -2.53.